The number of amides is 2. The average Bonchev–Trinajstić information content (AvgIpc) is 3.20. The Morgan fingerprint density at radius 1 is 1.00 bits per heavy atom. The van der Waals surface area contributed by atoms with Gasteiger partial charge in [0.1, 0.15) is 5.60 Å². The van der Waals surface area contributed by atoms with Crippen LogP contribution in [-0.4, -0.2) is 44.8 Å². The Morgan fingerprint density at radius 2 is 1.68 bits per heavy atom. The molecule has 0 spiro atoms. The monoisotopic (exact) mass is 512 g/mol. The average molecular weight is 513 g/mol. The third kappa shape index (κ3) is 6.03. The van der Waals surface area contributed by atoms with Gasteiger partial charge in [-0.05, 0) is 57.5 Å². The standard InChI is InChI=1S/C30H32N4O4/c1-5-34(29(37)38-30(2,3)4)18-19-11-14-22(15-12-19)32-26(20-9-7-6-8-10-20)25-23-16-13-21(27(31)35)17-24(23)33-28(25)36/h6-17,33,36H,5,18H2,1-4H3,(H2,31,35). The molecule has 38 heavy (non-hydrogen) atoms. The van der Waals surface area contributed by atoms with Crippen molar-refractivity contribution in [3.8, 4) is 5.88 Å². The summed E-state index contributed by atoms with van der Waals surface area (Å²) in [5, 5.41) is 11.6. The highest BCUT2D eigenvalue weighted by Crippen LogP contribution is 2.32. The summed E-state index contributed by atoms with van der Waals surface area (Å²) in [7, 11) is 0. The number of primary amides is 1. The highest BCUT2D eigenvalue weighted by Gasteiger charge is 2.22. The number of benzene rings is 3. The molecular weight excluding hydrogens is 480 g/mol. The molecule has 0 aliphatic rings. The fourth-order valence-electron chi connectivity index (χ4n) is 4.09. The fraction of sp³-hybridized carbons (Fsp3) is 0.233. The van der Waals surface area contributed by atoms with Crippen molar-refractivity contribution in [1.82, 2.24) is 9.88 Å². The van der Waals surface area contributed by atoms with Crippen molar-refractivity contribution in [2.24, 2.45) is 10.7 Å². The normalized spacial score (nSPS) is 11.9. The fourth-order valence-corrected chi connectivity index (χ4v) is 4.09. The lowest BCUT2D eigenvalue weighted by atomic mass is 10.00. The summed E-state index contributed by atoms with van der Waals surface area (Å²) in [6.45, 7) is 8.37. The summed E-state index contributed by atoms with van der Waals surface area (Å²) in [6, 6.07) is 22.1. The molecule has 1 aromatic heterocycles. The van der Waals surface area contributed by atoms with Gasteiger partial charge in [-0.2, -0.15) is 0 Å². The number of aliphatic imine (C=N–C) groups is 1. The van der Waals surface area contributed by atoms with Gasteiger partial charge in [0.2, 0.25) is 5.91 Å². The van der Waals surface area contributed by atoms with E-state index in [1.54, 1.807) is 23.1 Å². The minimum absolute atomic E-state index is 0.0585. The first-order valence-corrected chi connectivity index (χ1v) is 12.4. The lowest BCUT2D eigenvalue weighted by molar-refractivity contribution is 0.0244. The van der Waals surface area contributed by atoms with Crippen LogP contribution >= 0.6 is 0 Å². The zero-order chi connectivity index (χ0) is 27.4. The largest absolute Gasteiger partial charge is 0.494 e. The predicted molar refractivity (Wildman–Crippen MR) is 149 cm³/mol. The van der Waals surface area contributed by atoms with E-state index in [1.807, 2.05) is 82.3 Å². The van der Waals surface area contributed by atoms with E-state index in [9.17, 15) is 14.7 Å². The Kier molecular flexibility index (Phi) is 7.52. The maximum atomic E-state index is 12.5. The van der Waals surface area contributed by atoms with Crippen molar-refractivity contribution in [3.63, 3.8) is 0 Å². The zero-order valence-electron chi connectivity index (χ0n) is 22.0. The van der Waals surface area contributed by atoms with Crippen LogP contribution in [0.15, 0.2) is 77.8 Å². The molecule has 1 heterocycles. The number of aromatic amines is 1. The van der Waals surface area contributed by atoms with Crippen LogP contribution in [-0.2, 0) is 11.3 Å². The van der Waals surface area contributed by atoms with E-state index in [2.05, 4.69) is 4.98 Å². The maximum absolute atomic E-state index is 12.5. The first kappa shape index (κ1) is 26.5. The SMILES string of the molecule is CCN(Cc1ccc(N=C(c2ccccc2)c2c(O)[nH]c3cc(C(N)=O)ccc23)cc1)C(=O)OC(C)(C)C. The Bertz CT molecular complexity index is 1480. The third-order valence-corrected chi connectivity index (χ3v) is 5.93. The van der Waals surface area contributed by atoms with Crippen molar-refractivity contribution < 1.29 is 19.4 Å². The second-order valence-corrected chi connectivity index (χ2v) is 9.96. The van der Waals surface area contributed by atoms with Crippen LogP contribution in [0.25, 0.3) is 10.9 Å². The van der Waals surface area contributed by atoms with Crippen molar-refractivity contribution in [3.05, 3.63) is 95.1 Å². The van der Waals surface area contributed by atoms with Gasteiger partial charge in [0, 0.05) is 35.1 Å². The lowest BCUT2D eigenvalue weighted by Crippen LogP contribution is -2.36. The number of aromatic nitrogens is 1. The van der Waals surface area contributed by atoms with E-state index in [0.29, 0.717) is 46.5 Å². The molecule has 8 nitrogen and oxygen atoms in total. The van der Waals surface area contributed by atoms with Crippen LogP contribution in [0, 0.1) is 0 Å². The number of hydrogen-bond acceptors (Lipinski definition) is 5. The summed E-state index contributed by atoms with van der Waals surface area (Å²) < 4.78 is 5.51. The second-order valence-electron chi connectivity index (χ2n) is 9.96. The molecule has 8 heteroatoms. The van der Waals surface area contributed by atoms with Gasteiger partial charge in [-0.3, -0.25) is 4.79 Å². The molecule has 4 aromatic rings. The molecule has 0 atom stereocenters. The van der Waals surface area contributed by atoms with Gasteiger partial charge in [0.25, 0.3) is 0 Å². The Morgan fingerprint density at radius 3 is 2.29 bits per heavy atom. The summed E-state index contributed by atoms with van der Waals surface area (Å²) in [4.78, 5) is 33.6. The van der Waals surface area contributed by atoms with E-state index < -0.39 is 11.5 Å². The second kappa shape index (κ2) is 10.8. The van der Waals surface area contributed by atoms with Crippen LogP contribution in [0.3, 0.4) is 0 Å². The Hall–Kier alpha value is -4.59. The Labute approximate surface area is 221 Å². The number of nitrogens with one attached hydrogen (secondary N) is 1. The summed E-state index contributed by atoms with van der Waals surface area (Å²) in [5.74, 6) is -0.607. The van der Waals surface area contributed by atoms with Crippen LogP contribution in [0.1, 0.15) is 54.7 Å². The van der Waals surface area contributed by atoms with Crippen LogP contribution in [0.2, 0.25) is 0 Å². The summed E-state index contributed by atoms with van der Waals surface area (Å²) in [6.07, 6.45) is -0.359. The van der Waals surface area contributed by atoms with Gasteiger partial charge >= 0.3 is 6.09 Å². The number of rotatable bonds is 7. The maximum Gasteiger partial charge on any atom is 0.410 e. The van der Waals surface area contributed by atoms with E-state index in [0.717, 1.165) is 11.1 Å². The summed E-state index contributed by atoms with van der Waals surface area (Å²) >= 11 is 0. The van der Waals surface area contributed by atoms with Gasteiger partial charge < -0.3 is 25.5 Å². The molecule has 0 saturated heterocycles. The summed E-state index contributed by atoms with van der Waals surface area (Å²) in [5.41, 5.74) is 9.30. The van der Waals surface area contributed by atoms with Crippen molar-refractivity contribution in [2.45, 2.75) is 39.8 Å². The highest BCUT2D eigenvalue weighted by molar-refractivity contribution is 6.22. The van der Waals surface area contributed by atoms with Crippen molar-refractivity contribution in [2.75, 3.05) is 6.54 Å². The van der Waals surface area contributed by atoms with Crippen LogP contribution in [0.4, 0.5) is 10.5 Å². The van der Waals surface area contributed by atoms with E-state index in [-0.39, 0.29) is 12.0 Å². The number of H-pyrrole nitrogens is 1. The smallest absolute Gasteiger partial charge is 0.410 e. The van der Waals surface area contributed by atoms with Gasteiger partial charge in [-0.15, -0.1) is 0 Å². The number of aromatic hydroxyl groups is 1. The molecule has 0 radical (unpaired) electrons. The molecule has 0 aliphatic heterocycles. The molecule has 0 saturated carbocycles. The topological polar surface area (TPSA) is 121 Å². The van der Waals surface area contributed by atoms with Gasteiger partial charge in [-0.1, -0.05) is 48.5 Å². The number of carbonyl (C=O) groups excluding carboxylic acids is 2. The molecule has 4 N–H and O–H groups in total. The quantitative estimate of drug-likeness (QED) is 0.267. The Balaban J connectivity index is 1.70. The molecule has 4 rings (SSSR count). The molecular formula is C30H32N4O4. The molecule has 3 aromatic carbocycles. The third-order valence-electron chi connectivity index (χ3n) is 5.93. The predicted octanol–water partition coefficient (Wildman–Crippen LogP) is 5.90. The minimum Gasteiger partial charge on any atom is -0.494 e. The first-order chi connectivity index (χ1) is 18.1. The van der Waals surface area contributed by atoms with E-state index in [1.165, 1.54) is 0 Å². The van der Waals surface area contributed by atoms with E-state index in [4.69, 9.17) is 15.5 Å². The molecule has 0 fully saturated rings. The number of nitrogens with zero attached hydrogens (tertiary/aromatic N) is 2. The van der Waals surface area contributed by atoms with Crippen molar-refractivity contribution >= 4 is 34.3 Å². The number of ether oxygens (including phenoxy) is 1. The minimum atomic E-state index is -0.563. The number of fused-ring (bicyclic) bond motifs is 1. The highest BCUT2D eigenvalue weighted by atomic mass is 16.6. The molecule has 196 valence electrons. The van der Waals surface area contributed by atoms with Gasteiger partial charge in [-0.25, -0.2) is 9.79 Å². The first-order valence-electron chi connectivity index (χ1n) is 12.4. The zero-order valence-corrected chi connectivity index (χ0v) is 22.0. The number of nitrogens with two attached hydrogens (primary N) is 1. The van der Waals surface area contributed by atoms with Crippen molar-refractivity contribution in [1.29, 1.82) is 0 Å². The van der Waals surface area contributed by atoms with Crippen LogP contribution in [0.5, 0.6) is 5.88 Å². The lowest BCUT2D eigenvalue weighted by Gasteiger charge is -2.26. The van der Waals surface area contributed by atoms with Gasteiger partial charge in [0.05, 0.1) is 17.0 Å². The molecule has 0 bridgehead atoms. The molecule has 2 amide bonds. The van der Waals surface area contributed by atoms with Crippen LogP contribution < -0.4 is 5.73 Å². The number of carbonyl (C=O) groups is 2. The van der Waals surface area contributed by atoms with Gasteiger partial charge in [0.15, 0.2) is 5.88 Å². The number of hydrogen-bond donors (Lipinski definition) is 3. The molecule has 0 unspecified atom stereocenters. The molecule has 0 aliphatic carbocycles. The van der Waals surface area contributed by atoms with E-state index >= 15 is 0 Å².